The number of urea groups is 1. The zero-order valence-corrected chi connectivity index (χ0v) is 15.2. The summed E-state index contributed by atoms with van der Waals surface area (Å²) < 4.78 is 0. The van der Waals surface area contributed by atoms with E-state index in [1.165, 1.54) is 4.90 Å². The number of carboxylic acid groups (broad SMARTS) is 1. The molecule has 0 aromatic heterocycles. The van der Waals surface area contributed by atoms with Gasteiger partial charge in [0.25, 0.3) is 0 Å². The fraction of sp³-hybridized carbons (Fsp3) is 0.500. The summed E-state index contributed by atoms with van der Waals surface area (Å²) in [5.74, 6) is -0.278. The molecule has 2 aliphatic heterocycles. The average Bonchev–Trinajstić information content (AvgIpc) is 3.16. The number of fused-ring (bicyclic) bond motifs is 1. The molecular formula is C18H23N3O4S. The second-order valence-corrected chi connectivity index (χ2v) is 7.85. The highest BCUT2D eigenvalue weighted by atomic mass is 32.2. The van der Waals surface area contributed by atoms with E-state index in [-0.39, 0.29) is 30.6 Å². The molecule has 2 heterocycles. The van der Waals surface area contributed by atoms with Crippen molar-refractivity contribution < 1.29 is 19.5 Å². The highest BCUT2D eigenvalue weighted by Crippen LogP contribution is 2.33. The Balaban J connectivity index is 1.46. The van der Waals surface area contributed by atoms with E-state index in [0.29, 0.717) is 23.8 Å². The second kappa shape index (κ2) is 8.44. The Morgan fingerprint density at radius 2 is 1.96 bits per heavy atom. The van der Waals surface area contributed by atoms with Crippen LogP contribution in [0.3, 0.4) is 0 Å². The molecule has 0 radical (unpaired) electrons. The van der Waals surface area contributed by atoms with Crippen molar-refractivity contribution in [2.75, 3.05) is 17.2 Å². The predicted octanol–water partition coefficient (Wildman–Crippen LogP) is 1.83. The summed E-state index contributed by atoms with van der Waals surface area (Å²) in [6.07, 6.45) is 2.83. The first-order chi connectivity index (χ1) is 12.5. The smallest absolute Gasteiger partial charge is 0.323 e. The summed E-state index contributed by atoms with van der Waals surface area (Å²) in [6, 6.07) is 9.19. The Kier molecular flexibility index (Phi) is 6.03. The van der Waals surface area contributed by atoms with Crippen LogP contribution in [0.1, 0.15) is 25.7 Å². The molecule has 8 heteroatoms. The Hall–Kier alpha value is -2.22. The van der Waals surface area contributed by atoms with Gasteiger partial charge in [0.2, 0.25) is 5.91 Å². The second-order valence-electron chi connectivity index (χ2n) is 6.58. The molecule has 3 atom stereocenters. The summed E-state index contributed by atoms with van der Waals surface area (Å²) in [5, 5.41) is 15.3. The first-order valence-electron chi connectivity index (χ1n) is 8.80. The summed E-state index contributed by atoms with van der Waals surface area (Å²) in [4.78, 5) is 36.3. The summed E-state index contributed by atoms with van der Waals surface area (Å²) in [5.41, 5.74) is 0.605. The van der Waals surface area contributed by atoms with Crippen molar-refractivity contribution >= 4 is 35.4 Å². The number of aliphatic carboxylic acids is 1. The lowest BCUT2D eigenvalue weighted by atomic mass is 10.0. The number of carbonyl (C=O) groups is 3. The first-order valence-corrected chi connectivity index (χ1v) is 9.85. The standard InChI is InChI=1S/C18H23N3O4S/c22-15(21(10-16(23)24)12-6-2-1-3-7-12)9-5-4-8-14-17-13(11-26-14)19-18(25)20-17/h1-3,6-7,13-14,17H,4-5,8-11H2,(H,23,24)(H2,19,20,25)/t13-,14-,17-/m0/s1. The van der Waals surface area contributed by atoms with Gasteiger partial charge in [-0.25, -0.2) is 4.79 Å². The Bertz CT molecular complexity index is 670. The van der Waals surface area contributed by atoms with Crippen LogP contribution in [-0.4, -0.2) is 52.6 Å². The number of carbonyl (C=O) groups excluding carboxylic acids is 2. The number of hydrogen-bond donors (Lipinski definition) is 3. The quantitative estimate of drug-likeness (QED) is 0.474. The maximum atomic E-state index is 12.5. The summed E-state index contributed by atoms with van der Waals surface area (Å²) in [7, 11) is 0. The number of anilines is 1. The number of carboxylic acids is 1. The van der Waals surface area contributed by atoms with Crippen LogP contribution in [0.25, 0.3) is 0 Å². The number of benzene rings is 1. The monoisotopic (exact) mass is 377 g/mol. The zero-order chi connectivity index (χ0) is 18.5. The molecule has 3 rings (SSSR count). The lowest BCUT2D eigenvalue weighted by molar-refractivity contribution is -0.136. The molecule has 1 aromatic carbocycles. The molecule has 2 fully saturated rings. The van der Waals surface area contributed by atoms with E-state index in [2.05, 4.69) is 10.6 Å². The first kappa shape index (κ1) is 18.6. The Morgan fingerprint density at radius 1 is 1.19 bits per heavy atom. The topological polar surface area (TPSA) is 98.7 Å². The third-order valence-corrected chi connectivity index (χ3v) is 6.24. The molecule has 0 saturated carbocycles. The number of unbranched alkanes of at least 4 members (excludes halogenated alkanes) is 1. The number of nitrogens with one attached hydrogen (secondary N) is 2. The van der Waals surface area contributed by atoms with E-state index >= 15 is 0 Å². The minimum atomic E-state index is -1.03. The van der Waals surface area contributed by atoms with E-state index in [9.17, 15) is 14.4 Å². The molecule has 7 nitrogen and oxygen atoms in total. The number of hydrogen-bond acceptors (Lipinski definition) is 4. The van der Waals surface area contributed by atoms with Gasteiger partial charge < -0.3 is 20.6 Å². The highest BCUT2D eigenvalue weighted by molar-refractivity contribution is 8.00. The van der Waals surface area contributed by atoms with Crippen molar-refractivity contribution in [2.24, 2.45) is 0 Å². The molecule has 140 valence electrons. The predicted molar refractivity (Wildman–Crippen MR) is 100 cm³/mol. The number of nitrogens with zero attached hydrogens (tertiary/aromatic N) is 1. The van der Waals surface area contributed by atoms with Gasteiger partial charge in [0.05, 0.1) is 12.1 Å². The normalized spacial score (nSPS) is 23.8. The SMILES string of the molecule is O=C(O)CN(C(=O)CCCC[C@@H]1SC[C@@H]2NC(=O)N[C@@H]21)c1ccccc1. The maximum Gasteiger partial charge on any atom is 0.323 e. The van der Waals surface area contributed by atoms with Crippen LogP contribution in [0.5, 0.6) is 0 Å². The van der Waals surface area contributed by atoms with Gasteiger partial charge in [-0.2, -0.15) is 11.8 Å². The summed E-state index contributed by atoms with van der Waals surface area (Å²) >= 11 is 1.86. The van der Waals surface area contributed by atoms with Gasteiger partial charge in [0, 0.05) is 23.1 Å². The Labute approximate surface area is 156 Å². The van der Waals surface area contributed by atoms with E-state index in [1.54, 1.807) is 24.3 Å². The fourth-order valence-corrected chi connectivity index (χ4v) is 5.01. The molecule has 0 unspecified atom stereocenters. The average molecular weight is 377 g/mol. The number of thioether (sulfide) groups is 1. The molecule has 0 bridgehead atoms. The lowest BCUT2D eigenvalue weighted by Crippen LogP contribution is -2.37. The van der Waals surface area contributed by atoms with Crippen LogP contribution < -0.4 is 15.5 Å². The van der Waals surface area contributed by atoms with E-state index in [0.717, 1.165) is 18.6 Å². The van der Waals surface area contributed by atoms with Crippen LogP contribution >= 0.6 is 11.8 Å². The van der Waals surface area contributed by atoms with E-state index in [1.807, 2.05) is 17.8 Å². The molecule has 1 aromatic rings. The highest BCUT2D eigenvalue weighted by Gasteiger charge is 2.42. The fourth-order valence-electron chi connectivity index (χ4n) is 3.47. The molecule has 3 amide bonds. The van der Waals surface area contributed by atoms with Crippen molar-refractivity contribution in [3.05, 3.63) is 30.3 Å². The van der Waals surface area contributed by atoms with Gasteiger partial charge in [-0.3, -0.25) is 9.59 Å². The lowest BCUT2D eigenvalue weighted by Gasteiger charge is -2.21. The van der Waals surface area contributed by atoms with Crippen molar-refractivity contribution in [1.29, 1.82) is 0 Å². The van der Waals surface area contributed by atoms with Crippen molar-refractivity contribution in [1.82, 2.24) is 10.6 Å². The zero-order valence-electron chi connectivity index (χ0n) is 14.4. The molecule has 3 N–H and O–H groups in total. The molecule has 0 spiro atoms. The van der Waals surface area contributed by atoms with Crippen LogP contribution in [0.4, 0.5) is 10.5 Å². The van der Waals surface area contributed by atoms with Crippen LogP contribution in [0, 0.1) is 0 Å². The molecule has 2 saturated heterocycles. The van der Waals surface area contributed by atoms with Crippen LogP contribution in [0.15, 0.2) is 30.3 Å². The van der Waals surface area contributed by atoms with Crippen LogP contribution in [-0.2, 0) is 9.59 Å². The van der Waals surface area contributed by atoms with Gasteiger partial charge in [-0.05, 0) is 25.0 Å². The number of amides is 3. The van der Waals surface area contributed by atoms with Crippen molar-refractivity contribution in [2.45, 2.75) is 43.0 Å². The number of para-hydroxylation sites is 1. The molecule has 2 aliphatic rings. The minimum Gasteiger partial charge on any atom is -0.480 e. The maximum absolute atomic E-state index is 12.5. The molecular weight excluding hydrogens is 354 g/mol. The largest absolute Gasteiger partial charge is 0.480 e. The minimum absolute atomic E-state index is 0.0901. The van der Waals surface area contributed by atoms with Gasteiger partial charge in [-0.1, -0.05) is 24.6 Å². The van der Waals surface area contributed by atoms with Crippen molar-refractivity contribution in [3.8, 4) is 0 Å². The number of rotatable bonds is 8. The van der Waals surface area contributed by atoms with Crippen molar-refractivity contribution in [3.63, 3.8) is 0 Å². The van der Waals surface area contributed by atoms with E-state index < -0.39 is 5.97 Å². The third-order valence-electron chi connectivity index (χ3n) is 4.73. The van der Waals surface area contributed by atoms with Gasteiger partial charge in [0.1, 0.15) is 6.54 Å². The summed E-state index contributed by atoms with van der Waals surface area (Å²) in [6.45, 7) is -0.331. The van der Waals surface area contributed by atoms with Crippen LogP contribution in [0.2, 0.25) is 0 Å². The van der Waals surface area contributed by atoms with Gasteiger partial charge in [0.15, 0.2) is 0 Å². The molecule has 26 heavy (non-hydrogen) atoms. The van der Waals surface area contributed by atoms with E-state index in [4.69, 9.17) is 5.11 Å². The van der Waals surface area contributed by atoms with Gasteiger partial charge >= 0.3 is 12.0 Å². The van der Waals surface area contributed by atoms with Gasteiger partial charge in [-0.15, -0.1) is 0 Å². The third kappa shape index (κ3) is 4.49. The Morgan fingerprint density at radius 3 is 2.69 bits per heavy atom. The molecule has 0 aliphatic carbocycles.